The number of anilines is 2. The van der Waals surface area contributed by atoms with Gasteiger partial charge in [-0.1, -0.05) is 6.07 Å². The highest BCUT2D eigenvalue weighted by Gasteiger charge is 2.32. The van der Waals surface area contributed by atoms with Crippen molar-refractivity contribution < 1.29 is 45.3 Å². The molecule has 13 heteroatoms. The molecule has 204 valence electrons. The number of nitrogens with one attached hydrogen (secondary N) is 1. The SMILES string of the molecule is COc1ccc(OC)c(N(CC(=O)Nc2cccc(C(F)(F)F)c2)S(=O)(=O)c2ccc(OC)c(OC)c2)c1. The number of benzene rings is 3. The monoisotopic (exact) mass is 554 g/mol. The lowest BCUT2D eigenvalue weighted by Gasteiger charge is -2.26. The van der Waals surface area contributed by atoms with Gasteiger partial charge in [0, 0.05) is 17.8 Å². The Morgan fingerprint density at radius 3 is 2.11 bits per heavy atom. The van der Waals surface area contributed by atoms with E-state index in [1.807, 2.05) is 0 Å². The topological polar surface area (TPSA) is 103 Å². The van der Waals surface area contributed by atoms with Crippen LogP contribution in [0.2, 0.25) is 0 Å². The van der Waals surface area contributed by atoms with Crippen molar-refractivity contribution in [2.75, 3.05) is 44.6 Å². The largest absolute Gasteiger partial charge is 0.497 e. The molecule has 0 aliphatic carbocycles. The van der Waals surface area contributed by atoms with E-state index in [4.69, 9.17) is 18.9 Å². The quantitative estimate of drug-likeness (QED) is 0.392. The Kier molecular flexibility index (Phi) is 8.61. The second-order valence-electron chi connectivity index (χ2n) is 7.69. The molecule has 0 aliphatic rings. The van der Waals surface area contributed by atoms with Crippen LogP contribution in [-0.4, -0.2) is 49.3 Å². The van der Waals surface area contributed by atoms with Crippen molar-refractivity contribution in [3.05, 3.63) is 66.2 Å². The molecule has 0 saturated carbocycles. The first-order chi connectivity index (χ1) is 17.9. The van der Waals surface area contributed by atoms with E-state index in [1.54, 1.807) is 0 Å². The number of ether oxygens (including phenoxy) is 4. The van der Waals surface area contributed by atoms with Gasteiger partial charge in [-0.3, -0.25) is 9.10 Å². The first kappa shape index (κ1) is 28.4. The Labute approximate surface area is 217 Å². The molecule has 0 spiro atoms. The number of rotatable bonds is 10. The molecular formula is C25H25F3N2O7S. The highest BCUT2D eigenvalue weighted by molar-refractivity contribution is 7.92. The molecule has 3 aromatic rings. The second kappa shape index (κ2) is 11.5. The zero-order valence-corrected chi connectivity index (χ0v) is 21.6. The van der Waals surface area contributed by atoms with E-state index in [2.05, 4.69) is 5.32 Å². The number of hydrogen-bond acceptors (Lipinski definition) is 7. The lowest BCUT2D eigenvalue weighted by molar-refractivity contribution is -0.137. The van der Waals surface area contributed by atoms with Crippen LogP contribution in [0.25, 0.3) is 0 Å². The Hall–Kier alpha value is -4.13. The molecule has 0 heterocycles. The van der Waals surface area contributed by atoms with Gasteiger partial charge in [0.2, 0.25) is 5.91 Å². The van der Waals surface area contributed by atoms with Crippen LogP contribution in [0.4, 0.5) is 24.5 Å². The summed E-state index contributed by atoms with van der Waals surface area (Å²) in [6, 6.07) is 12.2. The summed E-state index contributed by atoms with van der Waals surface area (Å²) in [5.74, 6) is -0.134. The first-order valence-electron chi connectivity index (χ1n) is 10.9. The maximum Gasteiger partial charge on any atom is 0.416 e. The summed E-state index contributed by atoms with van der Waals surface area (Å²) in [7, 11) is 0.942. The number of methoxy groups -OCH3 is 4. The van der Waals surface area contributed by atoms with E-state index in [0.29, 0.717) is 0 Å². The van der Waals surface area contributed by atoms with Gasteiger partial charge in [-0.05, 0) is 42.5 Å². The Morgan fingerprint density at radius 1 is 0.842 bits per heavy atom. The molecular weight excluding hydrogens is 529 g/mol. The normalized spacial score (nSPS) is 11.4. The van der Waals surface area contributed by atoms with Gasteiger partial charge in [0.05, 0.1) is 44.6 Å². The lowest BCUT2D eigenvalue weighted by Crippen LogP contribution is -2.38. The van der Waals surface area contributed by atoms with Crippen LogP contribution in [0.3, 0.4) is 0 Å². The van der Waals surface area contributed by atoms with Gasteiger partial charge in [0.1, 0.15) is 18.0 Å². The Morgan fingerprint density at radius 2 is 1.50 bits per heavy atom. The van der Waals surface area contributed by atoms with E-state index in [-0.39, 0.29) is 39.3 Å². The van der Waals surface area contributed by atoms with E-state index < -0.39 is 34.2 Å². The Bertz CT molecular complexity index is 1410. The van der Waals surface area contributed by atoms with Crippen molar-refractivity contribution >= 4 is 27.3 Å². The van der Waals surface area contributed by atoms with Crippen LogP contribution in [0.15, 0.2) is 65.6 Å². The molecule has 0 aromatic heterocycles. The van der Waals surface area contributed by atoms with Gasteiger partial charge in [-0.15, -0.1) is 0 Å². The molecule has 0 unspecified atom stereocenters. The van der Waals surface area contributed by atoms with Crippen molar-refractivity contribution in [2.24, 2.45) is 0 Å². The number of amides is 1. The fraction of sp³-hybridized carbons (Fsp3) is 0.240. The number of nitrogens with zero attached hydrogens (tertiary/aromatic N) is 1. The molecule has 0 saturated heterocycles. The van der Waals surface area contributed by atoms with Crippen molar-refractivity contribution in [3.63, 3.8) is 0 Å². The van der Waals surface area contributed by atoms with Gasteiger partial charge < -0.3 is 24.3 Å². The van der Waals surface area contributed by atoms with Crippen LogP contribution >= 0.6 is 0 Å². The van der Waals surface area contributed by atoms with Crippen LogP contribution in [-0.2, 0) is 21.0 Å². The molecule has 1 amide bonds. The number of carbonyl (C=O) groups is 1. The molecule has 0 fully saturated rings. The molecule has 0 bridgehead atoms. The summed E-state index contributed by atoms with van der Waals surface area (Å²) >= 11 is 0. The van der Waals surface area contributed by atoms with Crippen LogP contribution in [0.5, 0.6) is 23.0 Å². The minimum atomic E-state index is -4.63. The number of carbonyl (C=O) groups excluding carboxylic acids is 1. The molecule has 38 heavy (non-hydrogen) atoms. The third kappa shape index (κ3) is 6.22. The average molecular weight is 555 g/mol. The number of hydrogen-bond donors (Lipinski definition) is 1. The summed E-state index contributed by atoms with van der Waals surface area (Å²) in [6.45, 7) is -0.809. The molecule has 0 atom stereocenters. The van der Waals surface area contributed by atoms with Crippen molar-refractivity contribution in [1.82, 2.24) is 0 Å². The predicted octanol–water partition coefficient (Wildman–Crippen LogP) is 4.57. The van der Waals surface area contributed by atoms with Gasteiger partial charge in [-0.25, -0.2) is 8.42 Å². The Balaban J connectivity index is 2.08. The standard InChI is InChI=1S/C25H25F3N2O7S/c1-34-18-8-10-21(35-2)20(13-18)30(38(32,33)19-9-11-22(36-3)23(14-19)37-4)15-24(31)29-17-7-5-6-16(12-17)25(26,27)28/h5-14H,15H2,1-4H3,(H,29,31). The highest BCUT2D eigenvalue weighted by Crippen LogP contribution is 2.38. The van der Waals surface area contributed by atoms with Gasteiger partial charge in [-0.2, -0.15) is 13.2 Å². The van der Waals surface area contributed by atoms with Crippen LogP contribution < -0.4 is 28.6 Å². The van der Waals surface area contributed by atoms with Crippen LogP contribution in [0.1, 0.15) is 5.56 Å². The average Bonchev–Trinajstić information content (AvgIpc) is 2.90. The summed E-state index contributed by atoms with van der Waals surface area (Å²) in [4.78, 5) is 12.8. The van der Waals surface area contributed by atoms with E-state index in [1.165, 1.54) is 70.9 Å². The molecule has 3 aromatic carbocycles. The minimum absolute atomic E-state index is 0.0409. The smallest absolute Gasteiger partial charge is 0.416 e. The second-order valence-corrected chi connectivity index (χ2v) is 9.56. The van der Waals surface area contributed by atoms with Crippen LogP contribution in [0, 0.1) is 0 Å². The summed E-state index contributed by atoms with van der Waals surface area (Å²) in [5.41, 5.74) is -1.17. The third-order valence-corrected chi connectivity index (χ3v) is 7.11. The molecule has 0 radical (unpaired) electrons. The maximum absolute atomic E-state index is 13.8. The first-order valence-corrected chi connectivity index (χ1v) is 12.3. The predicted molar refractivity (Wildman–Crippen MR) is 134 cm³/mol. The summed E-state index contributed by atoms with van der Waals surface area (Å²) in [6.07, 6.45) is -4.63. The van der Waals surface area contributed by atoms with Gasteiger partial charge in [0.15, 0.2) is 11.5 Å². The van der Waals surface area contributed by atoms with Crippen molar-refractivity contribution in [3.8, 4) is 23.0 Å². The maximum atomic E-state index is 13.8. The number of alkyl halides is 3. The van der Waals surface area contributed by atoms with Gasteiger partial charge >= 0.3 is 6.18 Å². The van der Waals surface area contributed by atoms with E-state index in [0.717, 1.165) is 22.5 Å². The summed E-state index contributed by atoms with van der Waals surface area (Å²) < 4.78 is 88.7. The fourth-order valence-electron chi connectivity index (χ4n) is 3.50. The minimum Gasteiger partial charge on any atom is -0.497 e. The highest BCUT2D eigenvalue weighted by atomic mass is 32.2. The van der Waals surface area contributed by atoms with Gasteiger partial charge in [0.25, 0.3) is 10.0 Å². The van der Waals surface area contributed by atoms with Crippen molar-refractivity contribution in [1.29, 1.82) is 0 Å². The molecule has 9 nitrogen and oxygen atoms in total. The van der Waals surface area contributed by atoms with E-state index in [9.17, 15) is 26.4 Å². The molecule has 1 N–H and O–H groups in total. The molecule has 0 aliphatic heterocycles. The zero-order chi connectivity index (χ0) is 28.1. The van der Waals surface area contributed by atoms with Crippen molar-refractivity contribution in [2.45, 2.75) is 11.1 Å². The number of sulfonamides is 1. The summed E-state index contributed by atoms with van der Waals surface area (Å²) in [5, 5.41) is 2.32. The van der Waals surface area contributed by atoms with E-state index >= 15 is 0 Å². The lowest BCUT2D eigenvalue weighted by atomic mass is 10.2. The number of halogens is 3. The third-order valence-electron chi connectivity index (χ3n) is 5.36. The zero-order valence-electron chi connectivity index (χ0n) is 20.8. The molecule has 3 rings (SSSR count). The fourth-order valence-corrected chi connectivity index (χ4v) is 4.94.